The predicted molar refractivity (Wildman–Crippen MR) is 97.1 cm³/mol. The first-order valence-corrected chi connectivity index (χ1v) is 8.22. The molecular weight excluding hydrogens is 361 g/mol. The highest BCUT2D eigenvalue weighted by Crippen LogP contribution is 2.21. The average Bonchev–Trinajstić information content (AvgIpc) is 3.07. The van der Waals surface area contributed by atoms with E-state index in [0.717, 1.165) is 5.56 Å². The molecule has 2 aromatic heterocycles. The molecule has 0 aliphatic rings. The highest BCUT2D eigenvalue weighted by molar-refractivity contribution is 6.31. The van der Waals surface area contributed by atoms with Crippen molar-refractivity contribution >= 4 is 34.1 Å². The van der Waals surface area contributed by atoms with Crippen LogP contribution >= 0.6 is 23.2 Å². The first kappa shape index (κ1) is 15.9. The van der Waals surface area contributed by atoms with E-state index in [2.05, 4.69) is 10.1 Å². The van der Waals surface area contributed by atoms with Crippen molar-refractivity contribution in [3.05, 3.63) is 81.0 Å². The molecule has 4 rings (SSSR count). The Balaban J connectivity index is 1.67. The number of hydrogen-bond donors (Lipinski definition) is 0. The van der Waals surface area contributed by atoms with Gasteiger partial charge in [-0.3, -0.25) is 9.36 Å². The molecular formula is C18H11Cl2N3O2. The molecule has 5 nitrogen and oxygen atoms in total. The number of aromatic nitrogens is 3. The van der Waals surface area contributed by atoms with E-state index < -0.39 is 0 Å². The van der Waals surface area contributed by atoms with Crippen molar-refractivity contribution < 1.29 is 4.52 Å². The normalized spacial score (nSPS) is 11.1. The Kier molecular flexibility index (Phi) is 4.03. The molecule has 0 saturated carbocycles. The second-order valence-corrected chi connectivity index (χ2v) is 6.40. The molecule has 0 N–H and O–H groups in total. The molecule has 0 saturated heterocycles. The van der Waals surface area contributed by atoms with E-state index >= 15 is 0 Å². The van der Waals surface area contributed by atoms with Gasteiger partial charge in [-0.05, 0) is 30.3 Å². The van der Waals surface area contributed by atoms with Crippen molar-refractivity contribution in [3.63, 3.8) is 0 Å². The predicted octanol–water partition coefficient (Wildman–Crippen LogP) is 4.41. The first-order valence-electron chi connectivity index (χ1n) is 7.46. The number of hydrogen-bond acceptors (Lipinski definition) is 4. The van der Waals surface area contributed by atoms with Crippen molar-refractivity contribution in [3.8, 4) is 11.3 Å². The van der Waals surface area contributed by atoms with Gasteiger partial charge in [0.25, 0.3) is 5.56 Å². The average molecular weight is 372 g/mol. The van der Waals surface area contributed by atoms with Crippen LogP contribution in [0.2, 0.25) is 10.0 Å². The van der Waals surface area contributed by atoms with Crippen LogP contribution in [0.1, 0.15) is 5.76 Å². The highest BCUT2D eigenvalue weighted by Gasteiger charge is 2.10. The molecule has 0 unspecified atom stereocenters. The van der Waals surface area contributed by atoms with Crippen LogP contribution in [0.5, 0.6) is 0 Å². The van der Waals surface area contributed by atoms with Crippen LogP contribution in [0.25, 0.3) is 22.2 Å². The third kappa shape index (κ3) is 3.16. The van der Waals surface area contributed by atoms with Gasteiger partial charge in [0.2, 0.25) is 0 Å². The molecule has 0 fully saturated rings. The lowest BCUT2D eigenvalue weighted by Gasteiger charge is -2.04. The summed E-state index contributed by atoms with van der Waals surface area (Å²) in [6.45, 7) is 0.231. The minimum Gasteiger partial charge on any atom is -0.359 e. The van der Waals surface area contributed by atoms with E-state index in [0.29, 0.717) is 32.4 Å². The van der Waals surface area contributed by atoms with Gasteiger partial charge in [0, 0.05) is 21.7 Å². The molecule has 0 atom stereocenters. The van der Waals surface area contributed by atoms with E-state index in [-0.39, 0.29) is 12.1 Å². The molecule has 4 aromatic rings. The maximum Gasteiger partial charge on any atom is 0.261 e. The maximum atomic E-state index is 12.6. The minimum absolute atomic E-state index is 0.183. The van der Waals surface area contributed by atoms with Gasteiger partial charge in [-0.1, -0.05) is 40.5 Å². The van der Waals surface area contributed by atoms with Gasteiger partial charge in [0.05, 0.1) is 23.8 Å². The summed E-state index contributed by atoms with van der Waals surface area (Å²) in [5.41, 5.74) is 1.98. The van der Waals surface area contributed by atoms with Crippen molar-refractivity contribution in [1.82, 2.24) is 14.7 Å². The van der Waals surface area contributed by atoms with Gasteiger partial charge in [-0.25, -0.2) is 4.98 Å². The zero-order valence-electron chi connectivity index (χ0n) is 12.8. The van der Waals surface area contributed by atoms with Crippen LogP contribution in [0.3, 0.4) is 0 Å². The second-order valence-electron chi connectivity index (χ2n) is 5.52. The summed E-state index contributed by atoms with van der Waals surface area (Å²) in [6.07, 6.45) is 1.49. The van der Waals surface area contributed by atoms with E-state index in [4.69, 9.17) is 27.7 Å². The molecule has 25 heavy (non-hydrogen) atoms. The molecule has 0 aliphatic carbocycles. The van der Waals surface area contributed by atoms with Gasteiger partial charge >= 0.3 is 0 Å². The maximum absolute atomic E-state index is 12.6. The Hall–Kier alpha value is -2.63. The van der Waals surface area contributed by atoms with Crippen molar-refractivity contribution in [2.45, 2.75) is 6.54 Å². The van der Waals surface area contributed by atoms with E-state index in [9.17, 15) is 4.79 Å². The molecule has 0 bridgehead atoms. The van der Waals surface area contributed by atoms with E-state index in [1.54, 1.807) is 36.4 Å². The van der Waals surface area contributed by atoms with Crippen LogP contribution in [-0.4, -0.2) is 14.7 Å². The highest BCUT2D eigenvalue weighted by atomic mass is 35.5. The Morgan fingerprint density at radius 3 is 2.56 bits per heavy atom. The Labute approximate surface area is 152 Å². The van der Waals surface area contributed by atoms with Gasteiger partial charge in [-0.2, -0.15) is 0 Å². The molecule has 124 valence electrons. The molecule has 0 radical (unpaired) electrons. The summed E-state index contributed by atoms with van der Waals surface area (Å²) < 4.78 is 6.81. The third-order valence-electron chi connectivity index (χ3n) is 3.81. The molecule has 2 heterocycles. The lowest BCUT2D eigenvalue weighted by Crippen LogP contribution is -2.20. The number of fused-ring (bicyclic) bond motifs is 1. The Morgan fingerprint density at radius 1 is 1.00 bits per heavy atom. The summed E-state index contributed by atoms with van der Waals surface area (Å²) in [4.78, 5) is 16.9. The van der Waals surface area contributed by atoms with Crippen molar-refractivity contribution in [2.24, 2.45) is 0 Å². The Bertz CT molecular complexity index is 1120. The largest absolute Gasteiger partial charge is 0.359 e. The summed E-state index contributed by atoms with van der Waals surface area (Å²) in [7, 11) is 0. The van der Waals surface area contributed by atoms with Crippen molar-refractivity contribution in [1.29, 1.82) is 0 Å². The zero-order chi connectivity index (χ0) is 17.4. The first-order chi connectivity index (χ1) is 12.1. The smallest absolute Gasteiger partial charge is 0.261 e. The lowest BCUT2D eigenvalue weighted by molar-refractivity contribution is 0.376. The van der Waals surface area contributed by atoms with Crippen LogP contribution < -0.4 is 5.56 Å². The van der Waals surface area contributed by atoms with E-state index in [1.165, 1.54) is 10.9 Å². The third-order valence-corrected chi connectivity index (χ3v) is 4.30. The van der Waals surface area contributed by atoms with Gasteiger partial charge < -0.3 is 4.52 Å². The van der Waals surface area contributed by atoms with Crippen molar-refractivity contribution in [2.75, 3.05) is 0 Å². The van der Waals surface area contributed by atoms with Crippen LogP contribution in [0.15, 0.2) is 64.2 Å². The standard InChI is InChI=1S/C18H11Cl2N3O2/c19-12-3-1-11(2-4-12)17-8-14(25-22-17)9-23-10-21-16-6-5-13(20)7-15(16)18(23)24/h1-8,10H,9H2. The zero-order valence-corrected chi connectivity index (χ0v) is 14.3. The fourth-order valence-corrected chi connectivity index (χ4v) is 2.85. The number of nitrogens with zero attached hydrogens (tertiary/aromatic N) is 3. The van der Waals surface area contributed by atoms with Gasteiger partial charge in [-0.15, -0.1) is 0 Å². The lowest BCUT2D eigenvalue weighted by atomic mass is 10.1. The van der Waals surface area contributed by atoms with Gasteiger partial charge in [0.1, 0.15) is 5.69 Å². The van der Waals surface area contributed by atoms with E-state index in [1.807, 2.05) is 12.1 Å². The number of rotatable bonds is 3. The number of halogens is 2. The topological polar surface area (TPSA) is 60.9 Å². The molecule has 0 aliphatic heterocycles. The fraction of sp³-hybridized carbons (Fsp3) is 0.0556. The summed E-state index contributed by atoms with van der Waals surface area (Å²) >= 11 is 11.9. The van der Waals surface area contributed by atoms with Crippen LogP contribution in [0, 0.1) is 0 Å². The van der Waals surface area contributed by atoms with Crippen LogP contribution in [0.4, 0.5) is 0 Å². The summed E-state index contributed by atoms with van der Waals surface area (Å²) in [5, 5.41) is 5.66. The van der Waals surface area contributed by atoms with Gasteiger partial charge in [0.15, 0.2) is 5.76 Å². The summed E-state index contributed by atoms with van der Waals surface area (Å²) in [6, 6.07) is 14.1. The second kappa shape index (κ2) is 6.35. The summed E-state index contributed by atoms with van der Waals surface area (Å²) in [5.74, 6) is 0.551. The van der Waals surface area contributed by atoms with Crippen LogP contribution in [-0.2, 0) is 6.54 Å². The minimum atomic E-state index is -0.183. The SMILES string of the molecule is O=c1c2cc(Cl)ccc2ncn1Cc1cc(-c2ccc(Cl)cc2)no1. The molecule has 0 spiro atoms. The quantitative estimate of drug-likeness (QED) is 0.535. The fourth-order valence-electron chi connectivity index (χ4n) is 2.56. The molecule has 2 aromatic carbocycles. The molecule has 0 amide bonds. The molecule has 7 heteroatoms. The number of benzene rings is 2. The Morgan fingerprint density at radius 2 is 1.76 bits per heavy atom. The monoisotopic (exact) mass is 371 g/mol.